The molecular formula is C21H36N4O10. The van der Waals surface area contributed by atoms with Crippen LogP contribution < -0.4 is 10.6 Å². The molecule has 0 spiro atoms. The van der Waals surface area contributed by atoms with Crippen molar-refractivity contribution in [2.24, 2.45) is 0 Å². The lowest BCUT2D eigenvalue weighted by atomic mass is 10.2. The SMILES string of the molecule is CNCCOCCOCCOCCOCCOCCOCCNc1ccc([N+](=O)[O-])cc1[N+](=O)[O-]. The van der Waals surface area contributed by atoms with Gasteiger partial charge in [-0.1, -0.05) is 0 Å². The predicted molar refractivity (Wildman–Crippen MR) is 127 cm³/mol. The molecule has 0 aliphatic carbocycles. The highest BCUT2D eigenvalue weighted by Gasteiger charge is 2.18. The standard InChI is InChI=1S/C21H36N4O10/c1-22-4-6-30-8-10-32-12-14-34-16-17-35-15-13-33-11-9-31-7-5-23-20-3-2-19(24(26)27)18-21(20)25(28)29/h2-3,18,22-23H,4-17H2,1H3. The molecule has 14 heteroatoms. The van der Waals surface area contributed by atoms with Gasteiger partial charge in [-0.05, 0) is 13.1 Å². The topological polar surface area (TPSA) is 166 Å². The van der Waals surface area contributed by atoms with Gasteiger partial charge in [-0.2, -0.15) is 0 Å². The number of likely N-dealkylation sites (N-methyl/N-ethyl adjacent to an activating group) is 1. The minimum Gasteiger partial charge on any atom is -0.378 e. The van der Waals surface area contributed by atoms with Crippen molar-refractivity contribution in [3.8, 4) is 0 Å². The molecule has 14 nitrogen and oxygen atoms in total. The van der Waals surface area contributed by atoms with Crippen molar-refractivity contribution < 1.29 is 38.3 Å². The molecule has 1 aromatic rings. The number of nitrogens with one attached hydrogen (secondary N) is 2. The second-order valence-electron chi connectivity index (χ2n) is 6.92. The van der Waals surface area contributed by atoms with Gasteiger partial charge in [-0.15, -0.1) is 0 Å². The molecule has 0 amide bonds. The Morgan fingerprint density at radius 2 is 1.09 bits per heavy atom. The van der Waals surface area contributed by atoms with Gasteiger partial charge >= 0.3 is 0 Å². The largest absolute Gasteiger partial charge is 0.378 e. The van der Waals surface area contributed by atoms with Crippen molar-refractivity contribution in [1.29, 1.82) is 0 Å². The Morgan fingerprint density at radius 3 is 1.49 bits per heavy atom. The Morgan fingerprint density at radius 1 is 0.657 bits per heavy atom. The zero-order valence-corrected chi connectivity index (χ0v) is 20.1. The van der Waals surface area contributed by atoms with Crippen LogP contribution in [0.15, 0.2) is 18.2 Å². The summed E-state index contributed by atoms with van der Waals surface area (Å²) in [5.74, 6) is 0. The van der Waals surface area contributed by atoms with E-state index in [0.29, 0.717) is 85.8 Å². The Hall–Kier alpha value is -2.46. The zero-order chi connectivity index (χ0) is 25.6. The summed E-state index contributed by atoms with van der Waals surface area (Å²) in [7, 11) is 1.88. The Labute approximate surface area is 204 Å². The quantitative estimate of drug-likeness (QED) is 0.118. The van der Waals surface area contributed by atoms with Gasteiger partial charge in [-0.3, -0.25) is 20.2 Å². The number of benzene rings is 1. The van der Waals surface area contributed by atoms with Gasteiger partial charge in [-0.25, -0.2) is 0 Å². The van der Waals surface area contributed by atoms with Crippen LogP contribution in [0.4, 0.5) is 17.1 Å². The van der Waals surface area contributed by atoms with Gasteiger partial charge in [0.1, 0.15) is 5.69 Å². The van der Waals surface area contributed by atoms with Gasteiger partial charge in [0.25, 0.3) is 11.4 Å². The van der Waals surface area contributed by atoms with Crippen molar-refractivity contribution in [1.82, 2.24) is 5.32 Å². The fraction of sp³-hybridized carbons (Fsp3) is 0.714. The summed E-state index contributed by atoms with van der Waals surface area (Å²) in [6.07, 6.45) is 0. The molecule has 2 N–H and O–H groups in total. The lowest BCUT2D eigenvalue weighted by Crippen LogP contribution is -2.17. The Bertz CT molecular complexity index is 711. The van der Waals surface area contributed by atoms with E-state index in [1.165, 1.54) is 12.1 Å². The number of hydrogen-bond acceptors (Lipinski definition) is 12. The number of non-ortho nitro benzene ring substituents is 1. The van der Waals surface area contributed by atoms with Crippen LogP contribution >= 0.6 is 0 Å². The van der Waals surface area contributed by atoms with Crippen molar-refractivity contribution in [3.63, 3.8) is 0 Å². The monoisotopic (exact) mass is 504 g/mol. The van der Waals surface area contributed by atoms with Crippen LogP contribution in [0.1, 0.15) is 0 Å². The van der Waals surface area contributed by atoms with Crippen molar-refractivity contribution in [2.45, 2.75) is 0 Å². The van der Waals surface area contributed by atoms with Crippen molar-refractivity contribution in [3.05, 3.63) is 38.4 Å². The summed E-state index contributed by atoms with van der Waals surface area (Å²) in [5, 5.41) is 27.7. The van der Waals surface area contributed by atoms with E-state index in [-0.39, 0.29) is 17.1 Å². The van der Waals surface area contributed by atoms with Crippen LogP contribution in [-0.4, -0.2) is 109 Å². The first-order chi connectivity index (χ1) is 17.1. The summed E-state index contributed by atoms with van der Waals surface area (Å²) in [4.78, 5) is 20.5. The Balaban J connectivity index is 1.88. The minimum absolute atomic E-state index is 0.194. The van der Waals surface area contributed by atoms with E-state index in [2.05, 4.69) is 10.6 Å². The second kappa shape index (κ2) is 20.9. The molecule has 0 unspecified atom stereocenters. The number of nitro benzene ring substituents is 2. The van der Waals surface area contributed by atoms with Gasteiger partial charge in [0.15, 0.2) is 0 Å². The summed E-state index contributed by atoms with van der Waals surface area (Å²) < 4.78 is 32.3. The summed E-state index contributed by atoms with van der Waals surface area (Å²) in [5.41, 5.74) is -0.503. The summed E-state index contributed by atoms with van der Waals surface area (Å²) in [6, 6.07) is 3.44. The molecule has 1 aromatic carbocycles. The maximum Gasteiger partial charge on any atom is 0.299 e. The zero-order valence-electron chi connectivity index (χ0n) is 20.1. The van der Waals surface area contributed by atoms with Gasteiger partial charge in [0.05, 0.1) is 95.2 Å². The average Bonchev–Trinajstić information content (AvgIpc) is 2.84. The average molecular weight is 505 g/mol. The third-order valence-electron chi connectivity index (χ3n) is 4.31. The molecule has 1 rings (SSSR count). The van der Waals surface area contributed by atoms with Gasteiger partial charge in [0.2, 0.25) is 0 Å². The number of nitro groups is 2. The van der Waals surface area contributed by atoms with Crippen LogP contribution in [0.3, 0.4) is 0 Å². The van der Waals surface area contributed by atoms with E-state index in [0.717, 1.165) is 12.6 Å². The highest BCUT2D eigenvalue weighted by Crippen LogP contribution is 2.28. The lowest BCUT2D eigenvalue weighted by molar-refractivity contribution is -0.393. The minimum atomic E-state index is -0.679. The third-order valence-corrected chi connectivity index (χ3v) is 4.31. The number of anilines is 1. The van der Waals surface area contributed by atoms with E-state index in [1.54, 1.807) is 0 Å². The van der Waals surface area contributed by atoms with Crippen molar-refractivity contribution >= 4 is 17.1 Å². The first kappa shape index (κ1) is 30.6. The first-order valence-corrected chi connectivity index (χ1v) is 11.3. The van der Waals surface area contributed by atoms with Crippen LogP contribution in [0.2, 0.25) is 0 Å². The molecule has 0 aliphatic rings. The molecule has 0 aliphatic heterocycles. The molecule has 0 heterocycles. The number of ether oxygens (including phenoxy) is 6. The highest BCUT2D eigenvalue weighted by atomic mass is 16.6. The molecule has 0 saturated carbocycles. The maximum absolute atomic E-state index is 11.1. The van der Waals surface area contributed by atoms with Gasteiger partial charge in [0, 0.05) is 19.2 Å². The van der Waals surface area contributed by atoms with E-state index >= 15 is 0 Å². The predicted octanol–water partition coefficient (Wildman–Crippen LogP) is 1.23. The smallest absolute Gasteiger partial charge is 0.299 e. The van der Waals surface area contributed by atoms with Crippen LogP contribution in [0.5, 0.6) is 0 Å². The number of nitrogens with zero attached hydrogens (tertiary/aromatic N) is 2. The number of rotatable bonds is 24. The molecule has 0 radical (unpaired) electrons. The second-order valence-corrected chi connectivity index (χ2v) is 6.92. The molecule has 35 heavy (non-hydrogen) atoms. The maximum atomic E-state index is 11.1. The van der Waals surface area contributed by atoms with E-state index in [4.69, 9.17) is 28.4 Å². The molecule has 0 aromatic heterocycles. The van der Waals surface area contributed by atoms with Crippen LogP contribution in [0, 0.1) is 20.2 Å². The van der Waals surface area contributed by atoms with E-state index in [9.17, 15) is 20.2 Å². The van der Waals surface area contributed by atoms with Crippen LogP contribution in [0.25, 0.3) is 0 Å². The lowest BCUT2D eigenvalue weighted by Gasteiger charge is -2.09. The third kappa shape index (κ3) is 15.9. The van der Waals surface area contributed by atoms with Crippen molar-refractivity contribution in [2.75, 3.05) is 105 Å². The van der Waals surface area contributed by atoms with Crippen LogP contribution in [-0.2, 0) is 28.4 Å². The first-order valence-electron chi connectivity index (χ1n) is 11.3. The molecule has 0 atom stereocenters. The van der Waals surface area contributed by atoms with E-state index < -0.39 is 9.85 Å². The number of hydrogen-bond donors (Lipinski definition) is 2. The molecule has 200 valence electrons. The molecule has 0 saturated heterocycles. The molecular weight excluding hydrogens is 468 g/mol. The fourth-order valence-corrected chi connectivity index (χ4v) is 2.57. The normalized spacial score (nSPS) is 11.0. The fourth-order valence-electron chi connectivity index (χ4n) is 2.57. The Kier molecular flexibility index (Phi) is 18.2. The summed E-state index contributed by atoms with van der Waals surface area (Å²) >= 11 is 0. The molecule has 0 fully saturated rings. The van der Waals surface area contributed by atoms with Gasteiger partial charge < -0.3 is 39.1 Å². The van der Waals surface area contributed by atoms with E-state index in [1.807, 2.05) is 7.05 Å². The highest BCUT2D eigenvalue weighted by molar-refractivity contribution is 5.65. The summed E-state index contributed by atoms with van der Waals surface area (Å²) in [6.45, 7) is 6.76. The molecule has 0 bridgehead atoms.